The van der Waals surface area contributed by atoms with E-state index in [4.69, 9.17) is 14.8 Å². The Morgan fingerprint density at radius 2 is 2.00 bits per heavy atom. The molecule has 0 unspecified atom stereocenters. The molecule has 1 aromatic carbocycles. The van der Waals surface area contributed by atoms with Crippen molar-refractivity contribution >= 4 is 22.8 Å². The molecule has 0 amide bonds. The molecular formula is C25H24N2O6. The Hall–Kier alpha value is -3.52. The lowest BCUT2D eigenvalue weighted by Crippen LogP contribution is -2.44. The molecule has 170 valence electrons. The van der Waals surface area contributed by atoms with E-state index in [0.717, 1.165) is 34.0 Å². The predicted molar refractivity (Wildman–Crippen MR) is 120 cm³/mol. The highest BCUT2D eigenvalue weighted by atomic mass is 16.6. The summed E-state index contributed by atoms with van der Waals surface area (Å²) in [6, 6.07) is 7.66. The maximum atomic E-state index is 13.3. The number of aliphatic hydroxyl groups is 1. The summed E-state index contributed by atoms with van der Waals surface area (Å²) in [5, 5.41) is 20.9. The molecule has 0 aliphatic carbocycles. The summed E-state index contributed by atoms with van der Waals surface area (Å²) in [5.41, 5.74) is 3.31. The molecule has 8 nitrogen and oxygen atoms in total. The van der Waals surface area contributed by atoms with Gasteiger partial charge in [0.15, 0.2) is 5.60 Å². The summed E-state index contributed by atoms with van der Waals surface area (Å²) < 4.78 is 6.73. The number of carboxylic acids is 1. The van der Waals surface area contributed by atoms with Crippen molar-refractivity contribution in [3.63, 3.8) is 0 Å². The first-order valence-corrected chi connectivity index (χ1v) is 11.1. The largest absolute Gasteiger partial charge is 0.481 e. The van der Waals surface area contributed by atoms with E-state index in [1.807, 2.05) is 25.1 Å². The molecule has 5 rings (SSSR count). The van der Waals surface area contributed by atoms with Gasteiger partial charge < -0.3 is 19.5 Å². The molecule has 0 spiro atoms. The second kappa shape index (κ2) is 7.52. The number of ether oxygens (including phenoxy) is 1. The van der Waals surface area contributed by atoms with E-state index in [9.17, 15) is 19.5 Å². The van der Waals surface area contributed by atoms with Crippen LogP contribution in [0.25, 0.3) is 22.3 Å². The Kier molecular flexibility index (Phi) is 4.86. The Bertz CT molecular complexity index is 1410. The highest BCUT2D eigenvalue weighted by Crippen LogP contribution is 2.39. The van der Waals surface area contributed by atoms with Crippen LogP contribution in [0.5, 0.6) is 0 Å². The Balaban J connectivity index is 1.69. The minimum absolute atomic E-state index is 0.0561. The smallest absolute Gasteiger partial charge is 0.343 e. The third-order valence-corrected chi connectivity index (χ3v) is 6.76. The predicted octanol–water partition coefficient (Wildman–Crippen LogP) is 2.66. The van der Waals surface area contributed by atoms with Crippen LogP contribution in [0, 0.1) is 0 Å². The Labute approximate surface area is 189 Å². The van der Waals surface area contributed by atoms with Crippen LogP contribution < -0.4 is 5.56 Å². The zero-order chi connectivity index (χ0) is 23.5. The quantitative estimate of drug-likeness (QED) is 0.451. The molecule has 0 bridgehead atoms. The standard InChI is InChI=1S/C25H24N2O6/c1-3-14-7-13(5-6-20(28)29)8-15-9-16-11-27-19(22(16)26-21(14)15)10-18-17(23(27)30)12-33-24(31)25(18,32)4-2/h7-10,32H,3-6,11-12H2,1-2H3,(H,28,29)/t25-/m0/s1. The van der Waals surface area contributed by atoms with E-state index >= 15 is 0 Å². The molecule has 0 fully saturated rings. The lowest BCUT2D eigenvalue weighted by Gasteiger charge is -2.31. The minimum atomic E-state index is -1.85. The molecule has 2 N–H and O–H groups in total. The first kappa shape index (κ1) is 21.3. The number of rotatable bonds is 5. The van der Waals surface area contributed by atoms with Crippen molar-refractivity contribution in [3.05, 3.63) is 62.4 Å². The topological polar surface area (TPSA) is 119 Å². The summed E-state index contributed by atoms with van der Waals surface area (Å²) in [4.78, 5) is 41.5. The van der Waals surface area contributed by atoms with Crippen molar-refractivity contribution in [2.45, 2.75) is 58.3 Å². The maximum absolute atomic E-state index is 13.3. The van der Waals surface area contributed by atoms with Gasteiger partial charge in [0.05, 0.1) is 29.0 Å². The van der Waals surface area contributed by atoms with Crippen molar-refractivity contribution in [1.29, 1.82) is 0 Å². The van der Waals surface area contributed by atoms with Gasteiger partial charge in [-0.1, -0.05) is 19.9 Å². The van der Waals surface area contributed by atoms with Crippen LogP contribution in [0.1, 0.15) is 54.5 Å². The highest BCUT2D eigenvalue weighted by Gasteiger charge is 2.45. The summed E-state index contributed by atoms with van der Waals surface area (Å²) in [6.45, 7) is 3.87. The van der Waals surface area contributed by atoms with Crippen molar-refractivity contribution in [2.75, 3.05) is 0 Å². The summed E-state index contributed by atoms with van der Waals surface area (Å²) in [5.74, 6) is -1.58. The van der Waals surface area contributed by atoms with E-state index in [1.54, 1.807) is 17.6 Å². The van der Waals surface area contributed by atoms with Crippen LogP contribution in [0.2, 0.25) is 0 Å². The first-order valence-electron chi connectivity index (χ1n) is 11.1. The number of aryl methyl sites for hydroxylation is 2. The third kappa shape index (κ3) is 3.16. The van der Waals surface area contributed by atoms with Crippen LogP contribution in [-0.4, -0.2) is 31.7 Å². The lowest BCUT2D eigenvalue weighted by molar-refractivity contribution is -0.172. The monoisotopic (exact) mass is 448 g/mol. The number of fused-ring (bicyclic) bond motifs is 5. The lowest BCUT2D eigenvalue weighted by atomic mass is 9.86. The van der Waals surface area contributed by atoms with Crippen molar-refractivity contribution < 1.29 is 24.5 Å². The average molecular weight is 448 g/mol. The fourth-order valence-electron chi connectivity index (χ4n) is 4.90. The van der Waals surface area contributed by atoms with Gasteiger partial charge in [0.2, 0.25) is 0 Å². The number of aromatic nitrogens is 2. The summed E-state index contributed by atoms with van der Waals surface area (Å²) in [6.07, 6.45) is 1.31. The molecule has 0 radical (unpaired) electrons. The molecule has 8 heteroatoms. The summed E-state index contributed by atoms with van der Waals surface area (Å²) in [7, 11) is 0. The minimum Gasteiger partial charge on any atom is -0.481 e. The van der Waals surface area contributed by atoms with Crippen LogP contribution in [0.4, 0.5) is 0 Å². The molecule has 0 saturated carbocycles. The second-order valence-electron chi connectivity index (χ2n) is 8.67. The number of cyclic esters (lactones) is 1. The van der Waals surface area contributed by atoms with Gasteiger partial charge in [-0.3, -0.25) is 9.59 Å². The molecule has 3 aromatic rings. The van der Waals surface area contributed by atoms with Crippen molar-refractivity contribution in [3.8, 4) is 11.4 Å². The number of carbonyl (C=O) groups excluding carboxylic acids is 1. The van der Waals surface area contributed by atoms with Crippen molar-refractivity contribution in [1.82, 2.24) is 9.55 Å². The number of hydrogen-bond acceptors (Lipinski definition) is 6. The van der Waals surface area contributed by atoms with E-state index in [-0.39, 0.29) is 25.0 Å². The number of aliphatic carboxylic acids is 1. The molecule has 33 heavy (non-hydrogen) atoms. The van der Waals surface area contributed by atoms with Crippen LogP contribution in [0.3, 0.4) is 0 Å². The molecule has 2 aromatic heterocycles. The van der Waals surface area contributed by atoms with Gasteiger partial charge in [-0.05, 0) is 48.6 Å². The summed E-state index contributed by atoms with van der Waals surface area (Å²) >= 11 is 0. The van der Waals surface area contributed by atoms with E-state index in [0.29, 0.717) is 35.5 Å². The highest BCUT2D eigenvalue weighted by molar-refractivity contribution is 5.88. The van der Waals surface area contributed by atoms with Gasteiger partial charge in [0.25, 0.3) is 5.56 Å². The molecule has 0 saturated heterocycles. The van der Waals surface area contributed by atoms with E-state index in [1.165, 1.54) is 0 Å². The van der Waals surface area contributed by atoms with Gasteiger partial charge in [-0.25, -0.2) is 9.78 Å². The van der Waals surface area contributed by atoms with Crippen molar-refractivity contribution in [2.24, 2.45) is 0 Å². The number of hydrogen-bond donors (Lipinski definition) is 2. The van der Waals surface area contributed by atoms with Gasteiger partial charge in [0.1, 0.15) is 6.61 Å². The number of carboxylic acid groups (broad SMARTS) is 1. The second-order valence-corrected chi connectivity index (χ2v) is 8.67. The molecule has 2 aliphatic rings. The number of pyridine rings is 2. The molecular weight excluding hydrogens is 424 g/mol. The zero-order valence-electron chi connectivity index (χ0n) is 18.5. The van der Waals surface area contributed by atoms with Gasteiger partial charge in [0, 0.05) is 22.9 Å². The van der Waals surface area contributed by atoms with Gasteiger partial charge in [-0.15, -0.1) is 0 Å². The van der Waals surface area contributed by atoms with Crippen LogP contribution >= 0.6 is 0 Å². The van der Waals surface area contributed by atoms with E-state index < -0.39 is 17.5 Å². The SMILES string of the molecule is CCc1cc(CCC(=O)O)cc2cc3c(nc12)-c1cc2c(c(=O)n1C3)COC(=O)[C@]2(O)CC. The first-order chi connectivity index (χ1) is 15.8. The zero-order valence-corrected chi connectivity index (χ0v) is 18.5. The fourth-order valence-corrected chi connectivity index (χ4v) is 4.90. The molecule has 4 heterocycles. The Morgan fingerprint density at radius 1 is 1.21 bits per heavy atom. The number of benzene rings is 1. The molecule has 2 aliphatic heterocycles. The normalized spacial score (nSPS) is 18.6. The average Bonchev–Trinajstić information content (AvgIpc) is 3.16. The number of carbonyl (C=O) groups is 2. The van der Waals surface area contributed by atoms with Gasteiger partial charge >= 0.3 is 11.9 Å². The maximum Gasteiger partial charge on any atom is 0.343 e. The van der Waals surface area contributed by atoms with E-state index in [2.05, 4.69) is 0 Å². The van der Waals surface area contributed by atoms with Gasteiger partial charge in [-0.2, -0.15) is 0 Å². The molecule has 1 atom stereocenters. The number of nitrogens with zero attached hydrogens (tertiary/aromatic N) is 2. The Morgan fingerprint density at radius 3 is 2.70 bits per heavy atom. The fraction of sp³-hybridized carbons (Fsp3) is 0.360. The third-order valence-electron chi connectivity index (χ3n) is 6.76. The van der Waals surface area contributed by atoms with Crippen LogP contribution in [0.15, 0.2) is 29.1 Å². The van der Waals surface area contributed by atoms with Crippen LogP contribution in [-0.2, 0) is 45.9 Å². The number of esters is 1.